The van der Waals surface area contributed by atoms with Gasteiger partial charge in [-0.1, -0.05) is 210 Å². The van der Waals surface area contributed by atoms with Crippen LogP contribution >= 0.6 is 0 Å². The first-order chi connectivity index (χ1) is 27.0. The maximum atomic E-state index is 13.1. The molecular formula is C49H87NO5. The second-order valence-corrected chi connectivity index (χ2v) is 15.4. The molecule has 0 aliphatic heterocycles. The Balaban J connectivity index is 4.73. The molecule has 1 amide bonds. The van der Waals surface area contributed by atoms with Crippen molar-refractivity contribution in [3.63, 3.8) is 0 Å². The lowest BCUT2D eigenvalue weighted by Gasteiger charge is -2.23. The summed E-state index contributed by atoms with van der Waals surface area (Å²) in [6.07, 6.45) is 51.7. The summed E-state index contributed by atoms with van der Waals surface area (Å²) >= 11 is 0. The van der Waals surface area contributed by atoms with Gasteiger partial charge in [0.15, 0.2) is 0 Å². The Morgan fingerprint density at radius 1 is 0.545 bits per heavy atom. The van der Waals surface area contributed by atoms with Gasteiger partial charge in [-0.15, -0.1) is 0 Å². The molecule has 3 unspecified atom stereocenters. The Morgan fingerprint density at radius 3 is 1.38 bits per heavy atom. The molecular weight excluding hydrogens is 683 g/mol. The molecule has 0 fully saturated rings. The molecule has 0 saturated carbocycles. The van der Waals surface area contributed by atoms with Crippen LogP contribution in [-0.2, 0) is 14.3 Å². The van der Waals surface area contributed by atoms with Gasteiger partial charge in [0.1, 0.15) is 6.10 Å². The molecule has 6 heteroatoms. The van der Waals surface area contributed by atoms with Crippen molar-refractivity contribution < 1.29 is 24.5 Å². The molecule has 0 aliphatic carbocycles. The monoisotopic (exact) mass is 770 g/mol. The topological polar surface area (TPSA) is 95.9 Å². The minimum atomic E-state index is -0.817. The number of amides is 1. The highest BCUT2D eigenvalue weighted by Gasteiger charge is 2.23. The van der Waals surface area contributed by atoms with Crippen LogP contribution in [0.5, 0.6) is 0 Å². The standard InChI is InChI=1S/C49H87NO5/c1-4-7-10-13-16-19-21-23-25-26-29-31-34-37-40-45(55-49(54)42-39-36-33-28-18-15-12-9-6-3)43-48(53)50-46(44-51)47(52)41-38-35-32-30-27-24-22-20-17-14-11-8-5-2/h7,10,16,19,23,25,29,31,37,40,45-47,51-52H,4-6,8-9,11-15,17-18,20-22,24,26-28,30,32-36,38-39,41-44H2,1-3H3,(H,50,53)/b10-7+,19-16+,25-23+,31-29+,40-37+. The van der Waals surface area contributed by atoms with E-state index in [4.69, 9.17) is 4.74 Å². The number of esters is 1. The number of rotatable bonds is 40. The second kappa shape index (κ2) is 42.7. The molecule has 0 saturated heterocycles. The van der Waals surface area contributed by atoms with Crippen LogP contribution in [0.2, 0.25) is 0 Å². The molecule has 0 aliphatic rings. The number of unbranched alkanes of at least 4 members (excludes halogenated alkanes) is 20. The van der Waals surface area contributed by atoms with Crippen molar-refractivity contribution in [2.45, 2.75) is 232 Å². The Hall–Kier alpha value is -2.44. The van der Waals surface area contributed by atoms with Gasteiger partial charge in [-0.3, -0.25) is 9.59 Å². The van der Waals surface area contributed by atoms with Gasteiger partial charge in [0.25, 0.3) is 0 Å². The number of carbonyl (C=O) groups is 2. The number of hydrogen-bond donors (Lipinski definition) is 3. The lowest BCUT2D eigenvalue weighted by Crippen LogP contribution is -2.46. The highest BCUT2D eigenvalue weighted by atomic mass is 16.5. The molecule has 0 aromatic heterocycles. The molecule has 0 aromatic rings. The predicted octanol–water partition coefficient (Wildman–Crippen LogP) is 13.3. The quantitative estimate of drug-likeness (QED) is 0.0328. The van der Waals surface area contributed by atoms with Crippen molar-refractivity contribution in [3.8, 4) is 0 Å². The minimum absolute atomic E-state index is 0.0455. The van der Waals surface area contributed by atoms with Gasteiger partial charge in [-0.05, 0) is 51.0 Å². The summed E-state index contributed by atoms with van der Waals surface area (Å²) in [5.74, 6) is -0.632. The molecule has 318 valence electrons. The van der Waals surface area contributed by atoms with Crippen molar-refractivity contribution in [1.29, 1.82) is 0 Å². The van der Waals surface area contributed by atoms with Gasteiger partial charge < -0.3 is 20.3 Å². The van der Waals surface area contributed by atoms with Crippen LogP contribution in [0.1, 0.15) is 213 Å². The summed E-state index contributed by atoms with van der Waals surface area (Å²) < 4.78 is 5.78. The van der Waals surface area contributed by atoms with E-state index < -0.39 is 18.2 Å². The van der Waals surface area contributed by atoms with Crippen LogP contribution in [-0.4, -0.2) is 46.9 Å². The maximum absolute atomic E-state index is 13.1. The number of hydrogen-bond acceptors (Lipinski definition) is 5. The van der Waals surface area contributed by atoms with Crippen molar-refractivity contribution >= 4 is 11.9 Å². The zero-order chi connectivity index (χ0) is 40.3. The third-order valence-electron chi connectivity index (χ3n) is 10.1. The molecule has 0 rings (SSSR count). The van der Waals surface area contributed by atoms with E-state index in [1.807, 2.05) is 6.08 Å². The summed E-state index contributed by atoms with van der Waals surface area (Å²) in [5, 5.41) is 23.6. The van der Waals surface area contributed by atoms with Crippen LogP contribution < -0.4 is 5.32 Å². The van der Waals surface area contributed by atoms with Crippen molar-refractivity contribution in [1.82, 2.24) is 5.32 Å². The fraction of sp³-hybridized carbons (Fsp3) is 0.755. The van der Waals surface area contributed by atoms with Crippen molar-refractivity contribution in [3.05, 3.63) is 60.8 Å². The fourth-order valence-electron chi connectivity index (χ4n) is 6.63. The molecule has 3 N–H and O–H groups in total. The first-order valence-corrected chi connectivity index (χ1v) is 23.0. The van der Waals surface area contributed by atoms with Gasteiger partial charge in [-0.2, -0.15) is 0 Å². The lowest BCUT2D eigenvalue weighted by atomic mass is 10.0. The van der Waals surface area contributed by atoms with E-state index in [0.717, 1.165) is 64.2 Å². The van der Waals surface area contributed by atoms with Crippen LogP contribution in [0.15, 0.2) is 60.8 Å². The van der Waals surface area contributed by atoms with Gasteiger partial charge in [0.2, 0.25) is 5.91 Å². The van der Waals surface area contributed by atoms with Gasteiger partial charge >= 0.3 is 5.97 Å². The van der Waals surface area contributed by atoms with Gasteiger partial charge in [-0.25, -0.2) is 0 Å². The van der Waals surface area contributed by atoms with E-state index in [0.29, 0.717) is 19.3 Å². The zero-order valence-electron chi connectivity index (χ0n) is 36.0. The average molecular weight is 770 g/mol. The van der Waals surface area contributed by atoms with E-state index in [-0.39, 0.29) is 24.9 Å². The number of carbonyl (C=O) groups excluding carboxylic acids is 2. The van der Waals surface area contributed by atoms with E-state index in [2.05, 4.69) is 74.7 Å². The van der Waals surface area contributed by atoms with Crippen LogP contribution in [0.3, 0.4) is 0 Å². The third kappa shape index (κ3) is 38.2. The van der Waals surface area contributed by atoms with E-state index in [9.17, 15) is 19.8 Å². The summed E-state index contributed by atoms with van der Waals surface area (Å²) in [6, 6.07) is -0.739. The maximum Gasteiger partial charge on any atom is 0.306 e. The Bertz CT molecular complexity index is 999. The fourth-order valence-corrected chi connectivity index (χ4v) is 6.63. The summed E-state index contributed by atoms with van der Waals surface area (Å²) in [6.45, 7) is 6.29. The van der Waals surface area contributed by atoms with Gasteiger partial charge in [0.05, 0.1) is 25.2 Å². The summed E-state index contributed by atoms with van der Waals surface area (Å²) in [5.41, 5.74) is 0. The summed E-state index contributed by atoms with van der Waals surface area (Å²) in [4.78, 5) is 25.9. The number of allylic oxidation sites excluding steroid dienone is 9. The molecule has 3 atom stereocenters. The molecule has 55 heavy (non-hydrogen) atoms. The van der Waals surface area contributed by atoms with E-state index in [1.54, 1.807) is 6.08 Å². The molecule has 0 bridgehead atoms. The lowest BCUT2D eigenvalue weighted by molar-refractivity contribution is -0.148. The number of aliphatic hydroxyl groups is 2. The number of nitrogens with one attached hydrogen (secondary N) is 1. The number of aliphatic hydroxyl groups excluding tert-OH is 2. The normalized spacial score (nSPS) is 13.9. The second-order valence-electron chi connectivity index (χ2n) is 15.4. The first kappa shape index (κ1) is 52.6. The molecule has 0 spiro atoms. The largest absolute Gasteiger partial charge is 0.458 e. The molecule has 0 heterocycles. The van der Waals surface area contributed by atoms with Crippen molar-refractivity contribution in [2.75, 3.05) is 6.61 Å². The zero-order valence-corrected chi connectivity index (χ0v) is 36.0. The SMILES string of the molecule is CC/C=C/C/C=C/C/C=C/C/C=C/C/C=C/C(CC(=O)NC(CO)C(O)CCCCCCCCCCCCCCC)OC(=O)CCCCCCCCCCC. The van der Waals surface area contributed by atoms with E-state index in [1.165, 1.54) is 103 Å². The Morgan fingerprint density at radius 2 is 0.945 bits per heavy atom. The smallest absolute Gasteiger partial charge is 0.306 e. The highest BCUT2D eigenvalue weighted by Crippen LogP contribution is 2.15. The Labute approximate surface area is 339 Å². The van der Waals surface area contributed by atoms with Crippen LogP contribution in [0.4, 0.5) is 0 Å². The Kier molecular flexibility index (Phi) is 40.8. The first-order valence-electron chi connectivity index (χ1n) is 23.0. The molecule has 6 nitrogen and oxygen atoms in total. The predicted molar refractivity (Wildman–Crippen MR) is 236 cm³/mol. The third-order valence-corrected chi connectivity index (χ3v) is 10.1. The molecule has 0 radical (unpaired) electrons. The highest BCUT2D eigenvalue weighted by molar-refractivity contribution is 5.78. The summed E-state index contributed by atoms with van der Waals surface area (Å²) in [7, 11) is 0. The van der Waals surface area contributed by atoms with Crippen molar-refractivity contribution in [2.24, 2.45) is 0 Å². The number of ether oxygens (including phenoxy) is 1. The van der Waals surface area contributed by atoms with Crippen LogP contribution in [0, 0.1) is 0 Å². The van der Waals surface area contributed by atoms with Crippen LogP contribution in [0.25, 0.3) is 0 Å². The van der Waals surface area contributed by atoms with E-state index >= 15 is 0 Å². The minimum Gasteiger partial charge on any atom is -0.458 e. The average Bonchev–Trinajstić information content (AvgIpc) is 3.18. The van der Waals surface area contributed by atoms with Gasteiger partial charge in [0, 0.05) is 6.42 Å². The molecule has 0 aromatic carbocycles.